The number of nitrogens with zero attached hydrogens (tertiary/aromatic N) is 1. The molecular weight excluding hydrogens is 388 g/mol. The van der Waals surface area contributed by atoms with E-state index in [2.05, 4.69) is 5.32 Å². The van der Waals surface area contributed by atoms with Crippen molar-refractivity contribution in [2.75, 3.05) is 13.2 Å². The first-order chi connectivity index (χ1) is 15.0. The fourth-order valence-electron chi connectivity index (χ4n) is 3.68. The van der Waals surface area contributed by atoms with E-state index in [1.54, 1.807) is 11.0 Å². The molecule has 5 heteroatoms. The van der Waals surface area contributed by atoms with Gasteiger partial charge in [-0.25, -0.2) is 0 Å². The Hall–Kier alpha value is -3.60. The number of hydrogen-bond acceptors (Lipinski definition) is 3. The van der Waals surface area contributed by atoms with Crippen molar-refractivity contribution in [2.45, 2.75) is 26.9 Å². The maximum Gasteiger partial charge on any atom is 0.254 e. The lowest BCUT2D eigenvalue weighted by molar-refractivity contribution is 0.0732. The Morgan fingerprint density at radius 3 is 2.55 bits per heavy atom. The van der Waals surface area contributed by atoms with E-state index in [0.29, 0.717) is 37.4 Å². The summed E-state index contributed by atoms with van der Waals surface area (Å²) in [6, 6.07) is 21.1. The molecule has 0 saturated carbocycles. The molecule has 0 aliphatic carbocycles. The number of aryl methyl sites for hydroxylation is 2. The molecule has 0 saturated heterocycles. The summed E-state index contributed by atoms with van der Waals surface area (Å²) in [5, 5.41) is 2.96. The highest BCUT2D eigenvalue weighted by Gasteiger charge is 2.23. The topological polar surface area (TPSA) is 58.6 Å². The van der Waals surface area contributed by atoms with E-state index < -0.39 is 0 Å². The zero-order valence-electron chi connectivity index (χ0n) is 17.9. The molecule has 1 N–H and O–H groups in total. The summed E-state index contributed by atoms with van der Waals surface area (Å²) < 4.78 is 5.84. The number of fused-ring (bicyclic) bond motifs is 1. The number of ether oxygens (including phenoxy) is 1. The molecule has 0 spiro atoms. The number of carbonyl (C=O) groups is 2. The fourth-order valence-corrected chi connectivity index (χ4v) is 3.68. The zero-order valence-corrected chi connectivity index (χ0v) is 17.9. The number of nitrogens with one attached hydrogen (secondary N) is 1. The van der Waals surface area contributed by atoms with Gasteiger partial charge in [0.2, 0.25) is 0 Å². The van der Waals surface area contributed by atoms with Gasteiger partial charge < -0.3 is 15.0 Å². The van der Waals surface area contributed by atoms with Crippen molar-refractivity contribution in [1.82, 2.24) is 10.2 Å². The van der Waals surface area contributed by atoms with Crippen molar-refractivity contribution >= 4 is 11.8 Å². The molecule has 0 radical (unpaired) electrons. The molecule has 31 heavy (non-hydrogen) atoms. The van der Waals surface area contributed by atoms with Crippen LogP contribution in [0.5, 0.6) is 5.75 Å². The number of amides is 2. The Kier molecular flexibility index (Phi) is 6.03. The first-order valence-corrected chi connectivity index (χ1v) is 10.5. The quantitative estimate of drug-likeness (QED) is 0.694. The SMILES string of the molecule is Cc1ccc(CNC(=O)c2ccc3c(c2)CN(C(=O)c2ccccc2C)CCO3)cc1. The molecule has 0 aromatic heterocycles. The third kappa shape index (κ3) is 4.77. The van der Waals surface area contributed by atoms with Crippen molar-refractivity contribution in [1.29, 1.82) is 0 Å². The van der Waals surface area contributed by atoms with Gasteiger partial charge in [-0.05, 0) is 49.2 Å². The predicted molar refractivity (Wildman–Crippen MR) is 120 cm³/mol. The Balaban J connectivity index is 1.49. The van der Waals surface area contributed by atoms with Gasteiger partial charge >= 0.3 is 0 Å². The summed E-state index contributed by atoms with van der Waals surface area (Å²) in [5.74, 6) is 0.545. The van der Waals surface area contributed by atoms with Gasteiger partial charge in [-0.2, -0.15) is 0 Å². The van der Waals surface area contributed by atoms with Gasteiger partial charge in [0.1, 0.15) is 12.4 Å². The van der Waals surface area contributed by atoms with Crippen LogP contribution in [0.1, 0.15) is 43.0 Å². The van der Waals surface area contributed by atoms with Crippen LogP contribution < -0.4 is 10.1 Å². The molecular formula is C26H26N2O3. The third-order valence-electron chi connectivity index (χ3n) is 5.54. The van der Waals surface area contributed by atoms with E-state index in [1.807, 2.05) is 74.5 Å². The van der Waals surface area contributed by atoms with E-state index in [1.165, 1.54) is 5.56 Å². The zero-order chi connectivity index (χ0) is 21.8. The highest BCUT2D eigenvalue weighted by atomic mass is 16.5. The molecule has 2 amide bonds. The van der Waals surface area contributed by atoms with Crippen molar-refractivity contribution in [3.8, 4) is 5.75 Å². The lowest BCUT2D eigenvalue weighted by Gasteiger charge is -2.21. The fraction of sp³-hybridized carbons (Fsp3) is 0.231. The summed E-state index contributed by atoms with van der Waals surface area (Å²) in [6.07, 6.45) is 0. The number of benzene rings is 3. The summed E-state index contributed by atoms with van der Waals surface area (Å²) in [4.78, 5) is 27.6. The van der Waals surface area contributed by atoms with E-state index in [0.717, 1.165) is 22.4 Å². The standard InChI is InChI=1S/C26H26N2O3/c1-18-7-9-20(10-8-18)16-27-25(29)21-11-12-24-22(15-21)17-28(13-14-31-24)26(30)23-6-4-3-5-19(23)2/h3-12,15H,13-14,16-17H2,1-2H3,(H,27,29). The predicted octanol–water partition coefficient (Wildman–Crippen LogP) is 4.27. The highest BCUT2D eigenvalue weighted by molar-refractivity contribution is 5.96. The molecule has 4 rings (SSSR count). The average Bonchev–Trinajstić information content (AvgIpc) is 3.00. The molecule has 1 aliphatic rings. The highest BCUT2D eigenvalue weighted by Crippen LogP contribution is 2.26. The van der Waals surface area contributed by atoms with E-state index in [4.69, 9.17) is 4.74 Å². The number of rotatable bonds is 4. The maximum atomic E-state index is 13.1. The number of hydrogen-bond donors (Lipinski definition) is 1. The van der Waals surface area contributed by atoms with Crippen LogP contribution in [-0.2, 0) is 13.1 Å². The molecule has 0 atom stereocenters. The summed E-state index contributed by atoms with van der Waals surface area (Å²) in [6.45, 7) is 5.76. The summed E-state index contributed by atoms with van der Waals surface area (Å²) in [7, 11) is 0. The van der Waals surface area contributed by atoms with Crippen LogP contribution >= 0.6 is 0 Å². The molecule has 1 heterocycles. The van der Waals surface area contributed by atoms with E-state index >= 15 is 0 Å². The Morgan fingerprint density at radius 1 is 1.00 bits per heavy atom. The molecule has 5 nitrogen and oxygen atoms in total. The second kappa shape index (κ2) is 9.04. The van der Waals surface area contributed by atoms with Crippen LogP contribution in [-0.4, -0.2) is 29.9 Å². The van der Waals surface area contributed by atoms with Crippen molar-refractivity contribution in [3.63, 3.8) is 0 Å². The Labute approximate surface area is 182 Å². The van der Waals surface area contributed by atoms with E-state index in [9.17, 15) is 9.59 Å². The normalized spacial score (nSPS) is 13.0. The minimum absolute atomic E-state index is 0.0243. The van der Waals surface area contributed by atoms with Crippen LogP contribution in [0.3, 0.4) is 0 Å². The van der Waals surface area contributed by atoms with Gasteiger partial charge in [0.05, 0.1) is 6.54 Å². The number of carbonyl (C=O) groups excluding carboxylic acids is 2. The van der Waals surface area contributed by atoms with Gasteiger partial charge in [0.15, 0.2) is 0 Å². The molecule has 0 unspecified atom stereocenters. The van der Waals surface area contributed by atoms with Crippen LogP contribution in [0.2, 0.25) is 0 Å². The van der Waals surface area contributed by atoms with Crippen LogP contribution in [0.15, 0.2) is 66.7 Å². The van der Waals surface area contributed by atoms with Gasteiger partial charge in [-0.1, -0.05) is 48.0 Å². The third-order valence-corrected chi connectivity index (χ3v) is 5.54. The first kappa shape index (κ1) is 20.7. The van der Waals surface area contributed by atoms with Gasteiger partial charge in [0.25, 0.3) is 11.8 Å². The van der Waals surface area contributed by atoms with Crippen molar-refractivity contribution in [2.24, 2.45) is 0 Å². The molecule has 3 aromatic rings. The Bertz CT molecular complexity index is 1110. The van der Waals surface area contributed by atoms with Crippen LogP contribution in [0.25, 0.3) is 0 Å². The Morgan fingerprint density at radius 2 is 1.77 bits per heavy atom. The van der Waals surface area contributed by atoms with Gasteiger partial charge in [-0.15, -0.1) is 0 Å². The van der Waals surface area contributed by atoms with Gasteiger partial charge in [0, 0.05) is 29.8 Å². The second-order valence-electron chi connectivity index (χ2n) is 7.88. The molecule has 3 aromatic carbocycles. The van der Waals surface area contributed by atoms with Gasteiger partial charge in [-0.3, -0.25) is 9.59 Å². The summed E-state index contributed by atoms with van der Waals surface area (Å²) in [5.41, 5.74) is 5.26. The minimum Gasteiger partial charge on any atom is -0.491 e. The first-order valence-electron chi connectivity index (χ1n) is 10.5. The van der Waals surface area contributed by atoms with Crippen LogP contribution in [0.4, 0.5) is 0 Å². The molecule has 0 bridgehead atoms. The largest absolute Gasteiger partial charge is 0.491 e. The van der Waals surface area contributed by atoms with Crippen molar-refractivity contribution < 1.29 is 14.3 Å². The summed E-state index contributed by atoms with van der Waals surface area (Å²) >= 11 is 0. The molecule has 158 valence electrons. The second-order valence-corrected chi connectivity index (χ2v) is 7.88. The minimum atomic E-state index is -0.149. The lowest BCUT2D eigenvalue weighted by Crippen LogP contribution is -2.33. The monoisotopic (exact) mass is 414 g/mol. The molecule has 1 aliphatic heterocycles. The molecule has 0 fully saturated rings. The maximum absolute atomic E-state index is 13.1. The average molecular weight is 415 g/mol. The van der Waals surface area contributed by atoms with Crippen molar-refractivity contribution in [3.05, 3.63) is 100 Å². The van der Waals surface area contributed by atoms with Crippen LogP contribution in [0, 0.1) is 13.8 Å². The lowest BCUT2D eigenvalue weighted by atomic mass is 10.1. The smallest absolute Gasteiger partial charge is 0.254 e. The van der Waals surface area contributed by atoms with E-state index in [-0.39, 0.29) is 11.8 Å².